The Morgan fingerprint density at radius 3 is 2.28 bits per heavy atom. The van der Waals surface area contributed by atoms with Crippen LogP contribution in [0.5, 0.6) is 0 Å². The first-order chi connectivity index (χ1) is 11.8. The third-order valence-corrected chi connectivity index (χ3v) is 6.78. The first-order valence-corrected chi connectivity index (χ1v) is 10.4. The number of amides is 1. The minimum atomic E-state index is -3.76. The number of carbonyl (C=O) groups is 1. The summed E-state index contributed by atoms with van der Waals surface area (Å²) in [5, 5.41) is 0. The van der Waals surface area contributed by atoms with Crippen molar-refractivity contribution in [1.29, 1.82) is 0 Å². The first-order valence-electron chi connectivity index (χ1n) is 7.34. The lowest BCUT2D eigenvalue weighted by atomic mass is 10.3. The lowest BCUT2D eigenvalue weighted by Gasteiger charge is -2.15. The zero-order chi connectivity index (χ0) is 18.1. The summed E-state index contributed by atoms with van der Waals surface area (Å²) in [6, 6.07) is 8.53. The molecule has 1 saturated heterocycles. The van der Waals surface area contributed by atoms with Crippen molar-refractivity contribution in [1.82, 2.24) is 9.71 Å². The largest absolute Gasteiger partial charge is 0.273 e. The highest BCUT2D eigenvalue weighted by Crippen LogP contribution is 2.26. The second kappa shape index (κ2) is 6.54. The van der Waals surface area contributed by atoms with Crippen LogP contribution in [0.3, 0.4) is 0 Å². The van der Waals surface area contributed by atoms with Gasteiger partial charge >= 0.3 is 0 Å². The highest BCUT2D eigenvalue weighted by Gasteiger charge is 2.36. The molecule has 1 fully saturated rings. The number of sulfonamides is 2. The molecule has 2 aromatic rings. The second-order valence-electron chi connectivity index (χ2n) is 5.40. The summed E-state index contributed by atoms with van der Waals surface area (Å²) in [6.07, 6.45) is 3.05. The fourth-order valence-electron chi connectivity index (χ4n) is 2.39. The van der Waals surface area contributed by atoms with E-state index in [1.54, 1.807) is 24.5 Å². The third-order valence-electron chi connectivity index (χ3n) is 3.68. The summed E-state index contributed by atoms with van der Waals surface area (Å²) in [5.74, 6) is -0.759. The molecule has 3 rings (SSSR count). The van der Waals surface area contributed by atoms with Crippen LogP contribution in [0.25, 0.3) is 0 Å². The van der Waals surface area contributed by atoms with Gasteiger partial charge in [-0.15, -0.1) is 0 Å². The zero-order valence-corrected chi connectivity index (χ0v) is 14.6. The van der Waals surface area contributed by atoms with Gasteiger partial charge in [0, 0.05) is 25.4 Å². The van der Waals surface area contributed by atoms with Gasteiger partial charge in [0.25, 0.3) is 0 Å². The maximum atomic E-state index is 12.3. The van der Waals surface area contributed by atoms with Crippen molar-refractivity contribution in [2.75, 3.05) is 10.1 Å². The summed E-state index contributed by atoms with van der Waals surface area (Å²) in [4.78, 5) is 15.6. The van der Waals surface area contributed by atoms with Gasteiger partial charge in [-0.3, -0.25) is 9.78 Å². The molecule has 1 amide bonds. The minimum absolute atomic E-state index is 0.0191. The Kier molecular flexibility index (Phi) is 4.58. The van der Waals surface area contributed by atoms with Crippen molar-refractivity contribution in [2.45, 2.75) is 17.9 Å². The number of carbonyl (C=O) groups excluding carboxylic acids is 1. The Morgan fingerprint density at radius 1 is 1.08 bits per heavy atom. The third kappa shape index (κ3) is 3.70. The molecule has 0 bridgehead atoms. The average molecular weight is 381 g/mol. The van der Waals surface area contributed by atoms with Gasteiger partial charge in [-0.25, -0.2) is 25.9 Å². The fourth-order valence-corrected chi connectivity index (χ4v) is 4.87. The number of anilines is 1. The van der Waals surface area contributed by atoms with Crippen LogP contribution in [0.4, 0.5) is 5.69 Å². The molecule has 0 atom stereocenters. The standard InChI is InChI=1S/C15H15N3O5S2/c19-15-7-10-24(20,21)18(15)13-1-3-14(4-2-13)25(22,23)17-11-12-5-8-16-9-6-12/h1-6,8-9,17H,7,10-11H2. The molecule has 1 N–H and O–H groups in total. The fraction of sp³-hybridized carbons (Fsp3) is 0.200. The number of nitrogens with one attached hydrogen (secondary N) is 1. The molecule has 25 heavy (non-hydrogen) atoms. The Balaban J connectivity index is 1.78. The van der Waals surface area contributed by atoms with E-state index in [0.29, 0.717) is 4.31 Å². The highest BCUT2D eigenvalue weighted by molar-refractivity contribution is 7.94. The van der Waals surface area contributed by atoms with E-state index in [4.69, 9.17) is 0 Å². The van der Waals surface area contributed by atoms with Crippen molar-refractivity contribution in [3.63, 3.8) is 0 Å². The SMILES string of the molecule is O=C1CCS(=O)(=O)N1c1ccc(S(=O)(=O)NCc2ccncc2)cc1. The molecule has 8 nitrogen and oxygen atoms in total. The quantitative estimate of drug-likeness (QED) is 0.812. The van der Waals surface area contributed by atoms with Crippen molar-refractivity contribution in [3.05, 3.63) is 54.4 Å². The van der Waals surface area contributed by atoms with Crippen molar-refractivity contribution in [2.24, 2.45) is 0 Å². The smallest absolute Gasteiger partial charge is 0.242 e. The van der Waals surface area contributed by atoms with Gasteiger partial charge in [0.2, 0.25) is 26.0 Å². The summed E-state index contributed by atoms with van der Waals surface area (Å²) in [5.41, 5.74) is 0.888. The Labute approximate surface area is 145 Å². The highest BCUT2D eigenvalue weighted by atomic mass is 32.2. The molecule has 2 heterocycles. The molecule has 0 spiro atoms. The molecule has 1 aliphatic rings. The number of nitrogens with zero attached hydrogens (tertiary/aromatic N) is 2. The number of pyridine rings is 1. The van der Waals surface area contributed by atoms with Gasteiger partial charge < -0.3 is 0 Å². The van der Waals surface area contributed by atoms with E-state index in [-0.39, 0.29) is 29.3 Å². The van der Waals surface area contributed by atoms with E-state index in [2.05, 4.69) is 9.71 Å². The van der Waals surface area contributed by atoms with Crippen LogP contribution >= 0.6 is 0 Å². The lowest BCUT2D eigenvalue weighted by Crippen LogP contribution is -2.29. The van der Waals surface area contributed by atoms with E-state index in [1.165, 1.54) is 24.3 Å². The average Bonchev–Trinajstić information content (AvgIpc) is 2.87. The zero-order valence-electron chi connectivity index (χ0n) is 13.0. The van der Waals surface area contributed by atoms with Crippen LogP contribution in [0.2, 0.25) is 0 Å². The molecular weight excluding hydrogens is 366 g/mol. The Morgan fingerprint density at radius 2 is 1.72 bits per heavy atom. The van der Waals surface area contributed by atoms with E-state index in [9.17, 15) is 21.6 Å². The van der Waals surface area contributed by atoms with Gasteiger partial charge in [-0.2, -0.15) is 0 Å². The minimum Gasteiger partial charge on any atom is -0.273 e. The predicted molar refractivity (Wildman–Crippen MR) is 90.6 cm³/mol. The Bertz CT molecular complexity index is 987. The van der Waals surface area contributed by atoms with Gasteiger partial charge in [0.15, 0.2) is 0 Å². The van der Waals surface area contributed by atoms with Crippen molar-refractivity contribution in [3.8, 4) is 0 Å². The summed E-state index contributed by atoms with van der Waals surface area (Å²) >= 11 is 0. The summed E-state index contributed by atoms with van der Waals surface area (Å²) < 4.78 is 51.5. The summed E-state index contributed by atoms with van der Waals surface area (Å²) in [7, 11) is -7.44. The molecular formula is C15H15N3O5S2. The number of hydrogen-bond donors (Lipinski definition) is 1. The van der Waals surface area contributed by atoms with Crippen LogP contribution in [0.15, 0.2) is 53.7 Å². The van der Waals surface area contributed by atoms with Crippen LogP contribution in [-0.2, 0) is 31.4 Å². The van der Waals surface area contributed by atoms with E-state index in [0.717, 1.165) is 5.56 Å². The normalized spacial score (nSPS) is 17.0. The van der Waals surface area contributed by atoms with Gasteiger partial charge in [-0.05, 0) is 42.0 Å². The molecule has 1 aromatic carbocycles. The Hall–Kier alpha value is -2.30. The van der Waals surface area contributed by atoms with E-state index < -0.39 is 26.0 Å². The molecule has 0 unspecified atom stereocenters. The number of aromatic nitrogens is 1. The van der Waals surface area contributed by atoms with Gasteiger partial charge in [0.05, 0.1) is 16.3 Å². The predicted octanol–water partition coefficient (Wildman–Crippen LogP) is 0.627. The van der Waals surface area contributed by atoms with Crippen molar-refractivity contribution < 1.29 is 21.6 Å². The molecule has 10 heteroatoms. The second-order valence-corrected chi connectivity index (χ2v) is 9.10. The van der Waals surface area contributed by atoms with Crippen molar-refractivity contribution >= 4 is 31.6 Å². The molecule has 132 valence electrons. The monoisotopic (exact) mass is 381 g/mol. The topological polar surface area (TPSA) is 114 Å². The summed E-state index contributed by atoms with van der Waals surface area (Å²) in [6.45, 7) is 0.103. The molecule has 0 aliphatic carbocycles. The lowest BCUT2D eigenvalue weighted by molar-refractivity contribution is -0.116. The van der Waals surface area contributed by atoms with E-state index in [1.807, 2.05) is 0 Å². The number of benzene rings is 1. The van der Waals surface area contributed by atoms with E-state index >= 15 is 0 Å². The number of rotatable bonds is 5. The van der Waals surface area contributed by atoms with Crippen LogP contribution in [-0.4, -0.2) is 33.5 Å². The first kappa shape index (κ1) is 17.5. The molecule has 1 aliphatic heterocycles. The van der Waals surface area contributed by atoms with Crippen LogP contribution in [0.1, 0.15) is 12.0 Å². The van der Waals surface area contributed by atoms with Crippen LogP contribution < -0.4 is 9.03 Å². The molecule has 0 saturated carbocycles. The molecule has 0 radical (unpaired) electrons. The maximum Gasteiger partial charge on any atom is 0.242 e. The van der Waals surface area contributed by atoms with Crippen LogP contribution in [0, 0.1) is 0 Å². The number of hydrogen-bond acceptors (Lipinski definition) is 6. The van der Waals surface area contributed by atoms with Gasteiger partial charge in [-0.1, -0.05) is 0 Å². The maximum absolute atomic E-state index is 12.3. The molecule has 1 aromatic heterocycles. The van der Waals surface area contributed by atoms with Gasteiger partial charge in [0.1, 0.15) is 0 Å².